The van der Waals surface area contributed by atoms with E-state index >= 15 is 0 Å². The maximum absolute atomic E-state index is 12.2. The van der Waals surface area contributed by atoms with Gasteiger partial charge in [-0.1, -0.05) is 17.7 Å². The lowest BCUT2D eigenvalue weighted by molar-refractivity contribution is -0.118. The summed E-state index contributed by atoms with van der Waals surface area (Å²) in [5.74, 6) is 2.49. The van der Waals surface area contributed by atoms with Gasteiger partial charge in [-0.2, -0.15) is 0 Å². The highest BCUT2D eigenvalue weighted by molar-refractivity contribution is 6.31. The van der Waals surface area contributed by atoms with Crippen LogP contribution in [0.4, 0.5) is 5.69 Å². The fraction of sp³-hybridized carbons (Fsp3) is 0.393. The summed E-state index contributed by atoms with van der Waals surface area (Å²) in [6, 6.07) is 10.8. The second-order valence-electron chi connectivity index (χ2n) is 9.55. The highest BCUT2D eigenvalue weighted by Crippen LogP contribution is 2.37. The van der Waals surface area contributed by atoms with Crippen LogP contribution < -0.4 is 14.8 Å². The summed E-state index contributed by atoms with van der Waals surface area (Å²) in [5, 5.41) is 3.97. The van der Waals surface area contributed by atoms with Crippen LogP contribution in [0.5, 0.6) is 17.2 Å². The van der Waals surface area contributed by atoms with E-state index in [1.165, 1.54) is 12.8 Å². The van der Waals surface area contributed by atoms with Crippen LogP contribution in [0.25, 0.3) is 10.9 Å². The summed E-state index contributed by atoms with van der Waals surface area (Å²) in [6.45, 7) is 3.58. The lowest BCUT2D eigenvalue weighted by Crippen LogP contribution is -2.25. The minimum atomic E-state index is 0.224. The van der Waals surface area contributed by atoms with Crippen LogP contribution in [0.2, 0.25) is 5.02 Å². The maximum Gasteiger partial charge on any atom is 0.211 e. The number of nitrogens with one attached hydrogen (secondary N) is 1. The first kappa shape index (κ1) is 24.5. The number of benzene rings is 2. The van der Waals surface area contributed by atoms with Gasteiger partial charge < -0.3 is 14.8 Å². The number of halogens is 1. The molecule has 1 aliphatic carbocycles. The molecular weight excluding hydrogens is 478 g/mol. The van der Waals surface area contributed by atoms with Crippen molar-refractivity contribution in [2.45, 2.75) is 38.5 Å². The zero-order chi connectivity index (χ0) is 24.9. The molecule has 1 N–H and O–H groups in total. The van der Waals surface area contributed by atoms with Crippen molar-refractivity contribution in [2.75, 3.05) is 31.6 Å². The molecule has 1 saturated carbocycles. The van der Waals surface area contributed by atoms with Gasteiger partial charge in [-0.3, -0.25) is 19.5 Å². The van der Waals surface area contributed by atoms with Gasteiger partial charge in [0.1, 0.15) is 29.6 Å². The van der Waals surface area contributed by atoms with Gasteiger partial charge in [0.05, 0.1) is 11.2 Å². The van der Waals surface area contributed by atoms with Crippen LogP contribution in [-0.4, -0.2) is 48.3 Å². The number of pyridine rings is 1. The zero-order valence-corrected chi connectivity index (χ0v) is 20.9. The number of aromatic nitrogens is 1. The van der Waals surface area contributed by atoms with E-state index in [1.54, 1.807) is 18.3 Å². The van der Waals surface area contributed by atoms with E-state index in [-0.39, 0.29) is 5.78 Å². The van der Waals surface area contributed by atoms with Crippen LogP contribution in [-0.2, 0) is 16.0 Å². The number of Topliss-reactive ketones (excluding diaryl/α,β-unsaturated/α-hetero) is 1. The van der Waals surface area contributed by atoms with Gasteiger partial charge in [-0.15, -0.1) is 0 Å². The van der Waals surface area contributed by atoms with Gasteiger partial charge >= 0.3 is 0 Å². The van der Waals surface area contributed by atoms with Crippen LogP contribution in [0.1, 0.15) is 37.7 Å². The first-order chi connectivity index (χ1) is 17.6. The SMILES string of the molecule is O=CNc1cc2c(Oc3ccc(CC(=O)CC4CC4)c(Cl)c3)ccnc2cc1OCCN1CCCC1. The number of likely N-dealkylation sites (tertiary alicyclic amines) is 1. The molecule has 188 valence electrons. The van der Waals surface area contributed by atoms with Crippen molar-refractivity contribution >= 4 is 40.4 Å². The van der Waals surface area contributed by atoms with E-state index < -0.39 is 0 Å². The van der Waals surface area contributed by atoms with Gasteiger partial charge in [-0.05, 0) is 74.5 Å². The molecular formula is C28H30ClN3O4. The Labute approximate surface area is 215 Å². The van der Waals surface area contributed by atoms with Crippen LogP contribution in [0.15, 0.2) is 42.6 Å². The van der Waals surface area contributed by atoms with E-state index in [0.717, 1.165) is 43.4 Å². The molecule has 0 unspecified atom stereocenters. The number of hydrogen-bond acceptors (Lipinski definition) is 6. The summed E-state index contributed by atoms with van der Waals surface area (Å²) in [6.07, 6.45) is 8.05. The first-order valence-corrected chi connectivity index (χ1v) is 12.9. The molecule has 0 atom stereocenters. The Balaban J connectivity index is 1.32. The Morgan fingerprint density at radius 1 is 1.14 bits per heavy atom. The lowest BCUT2D eigenvalue weighted by atomic mass is 10.0. The minimum Gasteiger partial charge on any atom is -0.490 e. The van der Waals surface area contributed by atoms with E-state index in [0.29, 0.717) is 65.3 Å². The monoisotopic (exact) mass is 507 g/mol. The van der Waals surface area contributed by atoms with Crippen molar-refractivity contribution in [2.24, 2.45) is 5.92 Å². The fourth-order valence-corrected chi connectivity index (χ4v) is 4.85. The average molecular weight is 508 g/mol. The van der Waals surface area contributed by atoms with Gasteiger partial charge in [0.15, 0.2) is 0 Å². The van der Waals surface area contributed by atoms with Crippen LogP contribution in [0, 0.1) is 5.92 Å². The normalized spacial score (nSPS) is 15.7. The molecule has 0 bridgehead atoms. The topological polar surface area (TPSA) is 80.8 Å². The highest BCUT2D eigenvalue weighted by atomic mass is 35.5. The van der Waals surface area contributed by atoms with Crippen molar-refractivity contribution in [1.82, 2.24) is 9.88 Å². The number of nitrogens with zero attached hydrogens (tertiary/aromatic N) is 2. The Bertz CT molecular complexity index is 1260. The molecule has 1 aliphatic heterocycles. The third-order valence-corrected chi connectivity index (χ3v) is 7.09. The quantitative estimate of drug-likeness (QED) is 0.320. The van der Waals surface area contributed by atoms with Crippen molar-refractivity contribution < 1.29 is 19.1 Å². The van der Waals surface area contributed by atoms with E-state index in [4.69, 9.17) is 21.1 Å². The second kappa shape index (κ2) is 11.3. The molecule has 2 aliphatic rings. The summed E-state index contributed by atoms with van der Waals surface area (Å²) in [7, 11) is 0. The Hall–Kier alpha value is -3.16. The van der Waals surface area contributed by atoms with Gasteiger partial charge in [0.25, 0.3) is 0 Å². The molecule has 5 rings (SSSR count). The van der Waals surface area contributed by atoms with Crippen molar-refractivity contribution in [3.63, 3.8) is 0 Å². The van der Waals surface area contributed by atoms with Crippen LogP contribution in [0.3, 0.4) is 0 Å². The van der Waals surface area contributed by atoms with Crippen molar-refractivity contribution in [3.8, 4) is 17.2 Å². The third-order valence-electron chi connectivity index (χ3n) is 6.73. The average Bonchev–Trinajstić information content (AvgIpc) is 3.52. The minimum absolute atomic E-state index is 0.224. The van der Waals surface area contributed by atoms with E-state index in [9.17, 15) is 9.59 Å². The smallest absolute Gasteiger partial charge is 0.211 e. The van der Waals surface area contributed by atoms with Crippen molar-refractivity contribution in [1.29, 1.82) is 0 Å². The summed E-state index contributed by atoms with van der Waals surface area (Å²) < 4.78 is 12.2. The molecule has 1 aromatic heterocycles. The predicted octanol–water partition coefficient (Wildman–Crippen LogP) is 5.64. The summed E-state index contributed by atoms with van der Waals surface area (Å²) in [4.78, 5) is 30.4. The molecule has 1 saturated heterocycles. The molecule has 36 heavy (non-hydrogen) atoms. The number of ketones is 1. The van der Waals surface area contributed by atoms with Gasteiger partial charge in [0, 0.05) is 42.1 Å². The Morgan fingerprint density at radius 2 is 1.97 bits per heavy atom. The molecule has 8 heteroatoms. The standard InChI is InChI=1S/C28H30ClN3O4/c29-24-15-22(6-5-20(24)14-21(34)13-19-3-4-19)36-27-7-8-30-25-17-28(26(31-18-33)16-23(25)27)35-12-11-32-9-1-2-10-32/h5-8,15-19H,1-4,9-14H2,(H,31,33). The predicted molar refractivity (Wildman–Crippen MR) is 140 cm³/mol. The Kier molecular flexibility index (Phi) is 7.68. The number of carbonyl (C=O) groups excluding carboxylic acids is 2. The largest absolute Gasteiger partial charge is 0.490 e. The molecule has 2 fully saturated rings. The molecule has 7 nitrogen and oxygen atoms in total. The number of carbonyl (C=O) groups is 2. The highest BCUT2D eigenvalue weighted by Gasteiger charge is 2.24. The number of anilines is 1. The number of ether oxygens (including phenoxy) is 2. The molecule has 0 radical (unpaired) electrons. The van der Waals surface area contributed by atoms with Crippen LogP contribution >= 0.6 is 11.6 Å². The fourth-order valence-electron chi connectivity index (χ4n) is 4.61. The van der Waals surface area contributed by atoms with Crippen molar-refractivity contribution in [3.05, 3.63) is 53.2 Å². The van der Waals surface area contributed by atoms with E-state index in [1.807, 2.05) is 24.3 Å². The molecule has 1 amide bonds. The number of hydrogen-bond donors (Lipinski definition) is 1. The number of amides is 1. The second-order valence-corrected chi connectivity index (χ2v) is 9.96. The third kappa shape index (κ3) is 6.15. The number of rotatable bonds is 12. The van der Waals surface area contributed by atoms with Gasteiger partial charge in [-0.25, -0.2) is 0 Å². The van der Waals surface area contributed by atoms with Gasteiger partial charge in [0.2, 0.25) is 6.41 Å². The molecule has 0 spiro atoms. The zero-order valence-electron chi connectivity index (χ0n) is 20.2. The number of fused-ring (bicyclic) bond motifs is 1. The first-order valence-electron chi connectivity index (χ1n) is 12.5. The molecule has 3 aromatic rings. The Morgan fingerprint density at radius 3 is 2.72 bits per heavy atom. The summed E-state index contributed by atoms with van der Waals surface area (Å²) in [5.41, 5.74) is 2.05. The maximum atomic E-state index is 12.2. The van der Waals surface area contributed by atoms with E-state index in [2.05, 4.69) is 15.2 Å². The molecule has 2 aromatic carbocycles. The summed E-state index contributed by atoms with van der Waals surface area (Å²) >= 11 is 6.48. The lowest BCUT2D eigenvalue weighted by Gasteiger charge is -2.17. The molecule has 2 heterocycles.